The van der Waals surface area contributed by atoms with Gasteiger partial charge in [-0.1, -0.05) is 20.3 Å². The molecule has 1 heteroatoms. The number of hydrogen-bond donors (Lipinski definition) is 0. The average Bonchev–Trinajstić information content (AvgIpc) is 2.38. The van der Waals surface area contributed by atoms with Crippen molar-refractivity contribution in [2.24, 2.45) is 5.92 Å². The topological polar surface area (TPSA) is 9.23 Å². The van der Waals surface area contributed by atoms with Crippen molar-refractivity contribution in [3.05, 3.63) is 0 Å². The van der Waals surface area contributed by atoms with E-state index in [9.17, 15) is 0 Å². The summed E-state index contributed by atoms with van der Waals surface area (Å²) < 4.78 is 5.57. The van der Waals surface area contributed by atoms with Gasteiger partial charge in [-0.25, -0.2) is 0 Å². The molecule has 1 rings (SSSR count). The van der Waals surface area contributed by atoms with Crippen LogP contribution in [0.2, 0.25) is 0 Å². The largest absolute Gasteiger partial charge is 0.378 e. The van der Waals surface area contributed by atoms with E-state index in [0.717, 1.165) is 12.5 Å². The van der Waals surface area contributed by atoms with E-state index in [1.54, 1.807) is 0 Å². The maximum absolute atomic E-state index is 5.57. The molecule has 1 heterocycles. The molecule has 2 unspecified atom stereocenters. The smallest absolute Gasteiger partial charge is 0.0601 e. The third kappa shape index (κ3) is 1.98. The van der Waals surface area contributed by atoms with Gasteiger partial charge in [0.05, 0.1) is 6.10 Å². The van der Waals surface area contributed by atoms with E-state index in [-0.39, 0.29) is 0 Å². The molecule has 1 nitrogen and oxygen atoms in total. The van der Waals surface area contributed by atoms with Crippen LogP contribution in [-0.4, -0.2) is 12.7 Å². The van der Waals surface area contributed by atoms with Crippen LogP contribution in [0.4, 0.5) is 0 Å². The van der Waals surface area contributed by atoms with Crippen LogP contribution in [0.1, 0.15) is 39.5 Å². The minimum Gasteiger partial charge on any atom is -0.378 e. The van der Waals surface area contributed by atoms with Crippen LogP contribution in [-0.2, 0) is 4.74 Å². The highest BCUT2D eigenvalue weighted by Gasteiger charge is 2.20. The van der Waals surface area contributed by atoms with E-state index in [4.69, 9.17) is 4.74 Å². The predicted octanol–water partition coefficient (Wildman–Crippen LogP) is 2.60. The molecule has 0 aromatic heterocycles. The Morgan fingerprint density at radius 2 is 2.40 bits per heavy atom. The molecule has 1 fully saturated rings. The molecule has 60 valence electrons. The van der Waals surface area contributed by atoms with Crippen molar-refractivity contribution in [1.82, 2.24) is 0 Å². The fraction of sp³-hybridized carbons (Fsp3) is 1.00. The van der Waals surface area contributed by atoms with Crippen molar-refractivity contribution in [2.45, 2.75) is 45.6 Å². The van der Waals surface area contributed by atoms with Crippen LogP contribution < -0.4 is 0 Å². The lowest BCUT2D eigenvalue weighted by atomic mass is 9.97. The zero-order valence-corrected chi connectivity index (χ0v) is 7.10. The fourth-order valence-electron chi connectivity index (χ4n) is 1.69. The molecule has 1 saturated heterocycles. The standard InChI is InChI=1S/C9H18O/c1-3-5-8(2)9-6-4-7-10-9/h8-9H,3-7H2,1-2H3. The van der Waals surface area contributed by atoms with Crippen LogP contribution in [0.15, 0.2) is 0 Å². The van der Waals surface area contributed by atoms with Gasteiger partial charge in [-0.05, 0) is 25.2 Å². The first kappa shape index (κ1) is 8.06. The lowest BCUT2D eigenvalue weighted by Crippen LogP contribution is -2.15. The summed E-state index contributed by atoms with van der Waals surface area (Å²) in [5.74, 6) is 0.785. The minimum atomic E-state index is 0.583. The number of rotatable bonds is 3. The Hall–Kier alpha value is -0.0400. The van der Waals surface area contributed by atoms with Crippen molar-refractivity contribution in [2.75, 3.05) is 6.61 Å². The molecule has 0 bridgehead atoms. The second kappa shape index (κ2) is 3.97. The molecule has 1 aliphatic heterocycles. The van der Waals surface area contributed by atoms with E-state index in [0.29, 0.717) is 6.10 Å². The SMILES string of the molecule is CCCC(C)C1CCCO1. The van der Waals surface area contributed by atoms with Gasteiger partial charge in [-0.2, -0.15) is 0 Å². The van der Waals surface area contributed by atoms with E-state index in [1.165, 1.54) is 25.7 Å². The Morgan fingerprint density at radius 3 is 2.90 bits per heavy atom. The Kier molecular flexibility index (Phi) is 3.20. The summed E-state index contributed by atoms with van der Waals surface area (Å²) >= 11 is 0. The van der Waals surface area contributed by atoms with Gasteiger partial charge in [0.1, 0.15) is 0 Å². The van der Waals surface area contributed by atoms with Gasteiger partial charge in [0.2, 0.25) is 0 Å². The molecular weight excluding hydrogens is 124 g/mol. The third-order valence-electron chi connectivity index (χ3n) is 2.34. The van der Waals surface area contributed by atoms with Crippen molar-refractivity contribution >= 4 is 0 Å². The third-order valence-corrected chi connectivity index (χ3v) is 2.34. The number of ether oxygens (including phenoxy) is 1. The summed E-state index contributed by atoms with van der Waals surface area (Å²) in [6, 6.07) is 0. The summed E-state index contributed by atoms with van der Waals surface area (Å²) in [4.78, 5) is 0. The van der Waals surface area contributed by atoms with Crippen molar-refractivity contribution in [3.8, 4) is 0 Å². The Morgan fingerprint density at radius 1 is 1.60 bits per heavy atom. The molecule has 0 aromatic carbocycles. The van der Waals surface area contributed by atoms with Crippen molar-refractivity contribution < 1.29 is 4.74 Å². The quantitative estimate of drug-likeness (QED) is 0.588. The summed E-state index contributed by atoms with van der Waals surface area (Å²) in [6.45, 7) is 5.55. The highest BCUT2D eigenvalue weighted by molar-refractivity contribution is 4.70. The molecule has 1 aliphatic rings. The molecular formula is C9H18O. The monoisotopic (exact) mass is 142 g/mol. The molecule has 0 spiro atoms. The predicted molar refractivity (Wildman–Crippen MR) is 43.0 cm³/mol. The lowest BCUT2D eigenvalue weighted by molar-refractivity contribution is 0.0661. The first-order chi connectivity index (χ1) is 4.84. The number of hydrogen-bond acceptors (Lipinski definition) is 1. The Balaban J connectivity index is 2.18. The van der Waals surface area contributed by atoms with Crippen molar-refractivity contribution in [3.63, 3.8) is 0 Å². The van der Waals surface area contributed by atoms with Gasteiger partial charge in [0.15, 0.2) is 0 Å². The highest BCUT2D eigenvalue weighted by atomic mass is 16.5. The molecule has 0 radical (unpaired) electrons. The van der Waals surface area contributed by atoms with Crippen LogP contribution in [0.5, 0.6) is 0 Å². The second-order valence-corrected chi connectivity index (χ2v) is 3.32. The van der Waals surface area contributed by atoms with E-state index in [2.05, 4.69) is 13.8 Å². The van der Waals surface area contributed by atoms with E-state index in [1.807, 2.05) is 0 Å². The summed E-state index contributed by atoms with van der Waals surface area (Å²) in [6.07, 6.45) is 5.77. The molecule has 0 aliphatic carbocycles. The lowest BCUT2D eigenvalue weighted by Gasteiger charge is -2.16. The van der Waals surface area contributed by atoms with Crippen molar-refractivity contribution in [1.29, 1.82) is 0 Å². The molecule has 0 aromatic rings. The zero-order chi connectivity index (χ0) is 7.40. The summed E-state index contributed by atoms with van der Waals surface area (Å²) in [7, 11) is 0. The van der Waals surface area contributed by atoms with Gasteiger partial charge in [-0.15, -0.1) is 0 Å². The van der Waals surface area contributed by atoms with Gasteiger partial charge >= 0.3 is 0 Å². The van der Waals surface area contributed by atoms with Gasteiger partial charge in [-0.3, -0.25) is 0 Å². The average molecular weight is 142 g/mol. The molecule has 10 heavy (non-hydrogen) atoms. The van der Waals surface area contributed by atoms with Gasteiger partial charge < -0.3 is 4.74 Å². The normalized spacial score (nSPS) is 28.8. The molecule has 0 saturated carbocycles. The zero-order valence-electron chi connectivity index (χ0n) is 7.10. The van der Waals surface area contributed by atoms with Crippen LogP contribution in [0, 0.1) is 5.92 Å². The second-order valence-electron chi connectivity index (χ2n) is 3.32. The summed E-state index contributed by atoms with van der Waals surface area (Å²) in [5.41, 5.74) is 0. The Labute approximate surface area is 63.8 Å². The molecule has 2 atom stereocenters. The Bertz CT molecular complexity index is 84.7. The highest BCUT2D eigenvalue weighted by Crippen LogP contribution is 2.22. The molecule has 0 amide bonds. The van der Waals surface area contributed by atoms with Gasteiger partial charge in [0, 0.05) is 6.61 Å². The van der Waals surface area contributed by atoms with Crippen LogP contribution in [0.3, 0.4) is 0 Å². The van der Waals surface area contributed by atoms with Gasteiger partial charge in [0.25, 0.3) is 0 Å². The maximum atomic E-state index is 5.57. The first-order valence-corrected chi connectivity index (χ1v) is 4.46. The minimum absolute atomic E-state index is 0.583. The van der Waals surface area contributed by atoms with Crippen LogP contribution >= 0.6 is 0 Å². The maximum Gasteiger partial charge on any atom is 0.0601 e. The van der Waals surface area contributed by atoms with Crippen LogP contribution in [0.25, 0.3) is 0 Å². The summed E-state index contributed by atoms with van der Waals surface area (Å²) in [5, 5.41) is 0. The first-order valence-electron chi connectivity index (χ1n) is 4.46. The van der Waals surface area contributed by atoms with E-state index < -0.39 is 0 Å². The molecule has 0 N–H and O–H groups in total. The van der Waals surface area contributed by atoms with E-state index >= 15 is 0 Å². The fourth-order valence-corrected chi connectivity index (χ4v) is 1.69.